The highest BCUT2D eigenvalue weighted by Crippen LogP contribution is 2.08. The molecule has 1 aromatic heterocycles. The second-order valence-electron chi connectivity index (χ2n) is 2.14. The molecular formula is C7H7NO2S. The van der Waals surface area contributed by atoms with Crippen molar-refractivity contribution in [2.24, 2.45) is 0 Å². The van der Waals surface area contributed by atoms with Gasteiger partial charge in [-0.15, -0.1) is 11.3 Å². The Morgan fingerprint density at radius 1 is 1.55 bits per heavy atom. The zero-order valence-electron chi connectivity index (χ0n) is 6.25. The molecule has 4 heteroatoms. The summed E-state index contributed by atoms with van der Waals surface area (Å²) in [6.45, 7) is 3.04. The highest BCUT2D eigenvalue weighted by Gasteiger charge is 2.13. The summed E-state index contributed by atoms with van der Waals surface area (Å²) < 4.78 is 0. The second kappa shape index (κ2) is 2.92. The Morgan fingerprint density at radius 2 is 2.18 bits per heavy atom. The average molecular weight is 169 g/mol. The highest BCUT2D eigenvalue weighted by atomic mass is 32.1. The molecular weight excluding hydrogens is 162 g/mol. The summed E-state index contributed by atoms with van der Waals surface area (Å²) >= 11 is 1.37. The average Bonchev–Trinajstić information content (AvgIpc) is 2.34. The van der Waals surface area contributed by atoms with Gasteiger partial charge in [-0.1, -0.05) is 0 Å². The molecule has 0 aliphatic rings. The number of nitrogens with zero attached hydrogens (tertiary/aromatic N) is 1. The molecule has 1 rings (SSSR count). The normalized spacial score (nSPS) is 9.64. The number of carbonyl (C=O) groups is 2. The zero-order chi connectivity index (χ0) is 8.43. The molecule has 0 N–H and O–H groups in total. The van der Waals surface area contributed by atoms with Crippen LogP contribution in [0.2, 0.25) is 0 Å². The van der Waals surface area contributed by atoms with E-state index in [0.29, 0.717) is 0 Å². The predicted molar refractivity (Wildman–Crippen MR) is 41.9 cm³/mol. The summed E-state index contributed by atoms with van der Waals surface area (Å²) in [4.78, 5) is 25.4. The first-order valence-corrected chi connectivity index (χ1v) is 3.96. The number of ketones is 2. The van der Waals surface area contributed by atoms with Gasteiger partial charge in [0.05, 0.1) is 5.01 Å². The van der Waals surface area contributed by atoms with Crippen LogP contribution in [0.15, 0.2) is 5.38 Å². The van der Waals surface area contributed by atoms with Crippen LogP contribution in [0.4, 0.5) is 0 Å². The molecule has 1 heterocycles. The van der Waals surface area contributed by atoms with Gasteiger partial charge < -0.3 is 0 Å². The quantitative estimate of drug-likeness (QED) is 0.494. The van der Waals surface area contributed by atoms with Gasteiger partial charge in [-0.25, -0.2) is 4.98 Å². The Bertz CT molecular complexity index is 303. The minimum absolute atomic E-state index is 0.264. The van der Waals surface area contributed by atoms with Crippen molar-refractivity contribution >= 4 is 22.9 Å². The van der Waals surface area contributed by atoms with E-state index in [2.05, 4.69) is 4.98 Å². The number of aromatic nitrogens is 1. The minimum Gasteiger partial charge on any atom is -0.291 e. The molecule has 0 aliphatic carbocycles. The number of aryl methyl sites for hydroxylation is 1. The van der Waals surface area contributed by atoms with E-state index >= 15 is 0 Å². The van der Waals surface area contributed by atoms with Gasteiger partial charge in [0.2, 0.25) is 11.6 Å². The lowest BCUT2D eigenvalue weighted by Crippen LogP contribution is -2.09. The first-order valence-electron chi connectivity index (χ1n) is 3.08. The molecule has 0 atom stereocenters. The third kappa shape index (κ3) is 1.71. The Labute approximate surface area is 68.1 Å². The van der Waals surface area contributed by atoms with Gasteiger partial charge in [-0.05, 0) is 6.92 Å². The molecule has 58 valence electrons. The first-order chi connectivity index (χ1) is 5.11. The minimum atomic E-state index is -0.505. The molecule has 0 saturated heterocycles. The molecule has 0 bridgehead atoms. The molecule has 0 spiro atoms. The van der Waals surface area contributed by atoms with Crippen LogP contribution < -0.4 is 0 Å². The number of carbonyl (C=O) groups excluding carboxylic acids is 2. The van der Waals surface area contributed by atoms with Crippen molar-refractivity contribution in [1.82, 2.24) is 4.98 Å². The van der Waals surface area contributed by atoms with Crippen molar-refractivity contribution in [2.75, 3.05) is 0 Å². The molecule has 0 aliphatic heterocycles. The van der Waals surface area contributed by atoms with Crippen molar-refractivity contribution in [3.63, 3.8) is 0 Å². The first kappa shape index (κ1) is 8.07. The topological polar surface area (TPSA) is 47.0 Å². The van der Waals surface area contributed by atoms with Gasteiger partial charge in [0, 0.05) is 12.3 Å². The van der Waals surface area contributed by atoms with Gasteiger partial charge in [0.15, 0.2) is 0 Å². The summed E-state index contributed by atoms with van der Waals surface area (Å²) in [6.07, 6.45) is 0. The van der Waals surface area contributed by atoms with E-state index in [4.69, 9.17) is 0 Å². The van der Waals surface area contributed by atoms with E-state index in [9.17, 15) is 9.59 Å². The van der Waals surface area contributed by atoms with Crippen molar-refractivity contribution < 1.29 is 9.59 Å². The molecule has 11 heavy (non-hydrogen) atoms. The van der Waals surface area contributed by atoms with Gasteiger partial charge in [0.25, 0.3) is 0 Å². The number of Topliss-reactive ketones (excluding diaryl/α,β-unsaturated/α-hetero) is 2. The fraction of sp³-hybridized carbons (Fsp3) is 0.286. The van der Waals surface area contributed by atoms with E-state index < -0.39 is 11.6 Å². The van der Waals surface area contributed by atoms with Crippen LogP contribution >= 0.6 is 11.3 Å². The molecule has 0 radical (unpaired) electrons. The van der Waals surface area contributed by atoms with Crippen LogP contribution in [0, 0.1) is 6.92 Å². The van der Waals surface area contributed by atoms with E-state index in [1.807, 2.05) is 0 Å². The lowest BCUT2D eigenvalue weighted by atomic mass is 10.2. The van der Waals surface area contributed by atoms with Crippen molar-refractivity contribution in [3.05, 3.63) is 16.1 Å². The SMILES string of the molecule is CC(=O)C(=O)c1csc(C)n1. The van der Waals surface area contributed by atoms with Gasteiger partial charge in [-0.2, -0.15) is 0 Å². The van der Waals surface area contributed by atoms with E-state index in [1.54, 1.807) is 12.3 Å². The van der Waals surface area contributed by atoms with Gasteiger partial charge >= 0.3 is 0 Å². The fourth-order valence-electron chi connectivity index (χ4n) is 0.648. The summed E-state index contributed by atoms with van der Waals surface area (Å²) in [7, 11) is 0. The van der Waals surface area contributed by atoms with Crippen LogP contribution in [-0.2, 0) is 4.79 Å². The summed E-state index contributed by atoms with van der Waals surface area (Å²) in [5.41, 5.74) is 0.264. The van der Waals surface area contributed by atoms with Crippen molar-refractivity contribution in [3.8, 4) is 0 Å². The van der Waals surface area contributed by atoms with Gasteiger partial charge in [0.1, 0.15) is 5.69 Å². The molecule has 0 unspecified atom stereocenters. The lowest BCUT2D eigenvalue weighted by molar-refractivity contribution is -0.113. The Balaban J connectivity index is 2.94. The van der Waals surface area contributed by atoms with Gasteiger partial charge in [-0.3, -0.25) is 9.59 Å². The smallest absolute Gasteiger partial charge is 0.247 e. The molecule has 1 aromatic rings. The van der Waals surface area contributed by atoms with Crippen LogP contribution in [0.1, 0.15) is 22.4 Å². The number of thiazole rings is 1. The fourth-order valence-corrected chi connectivity index (χ4v) is 1.24. The number of hydrogen-bond acceptors (Lipinski definition) is 4. The standard InChI is InChI=1S/C7H7NO2S/c1-4(9)7(10)6-3-11-5(2)8-6/h3H,1-2H3. The maximum Gasteiger partial charge on any atom is 0.247 e. The Kier molecular flexibility index (Phi) is 2.14. The maximum absolute atomic E-state index is 11.0. The van der Waals surface area contributed by atoms with Crippen LogP contribution in [0.5, 0.6) is 0 Å². The maximum atomic E-state index is 11.0. The number of rotatable bonds is 2. The monoisotopic (exact) mass is 169 g/mol. The van der Waals surface area contributed by atoms with Crippen LogP contribution in [-0.4, -0.2) is 16.6 Å². The molecule has 0 aromatic carbocycles. The number of hydrogen-bond donors (Lipinski definition) is 0. The lowest BCUT2D eigenvalue weighted by Gasteiger charge is -1.86. The summed E-state index contributed by atoms with van der Waals surface area (Å²) in [6, 6.07) is 0. The molecule has 0 amide bonds. The molecule has 0 saturated carbocycles. The van der Waals surface area contributed by atoms with Crippen molar-refractivity contribution in [1.29, 1.82) is 0 Å². The second-order valence-corrected chi connectivity index (χ2v) is 3.20. The highest BCUT2D eigenvalue weighted by molar-refractivity contribution is 7.09. The largest absolute Gasteiger partial charge is 0.291 e. The van der Waals surface area contributed by atoms with E-state index in [0.717, 1.165) is 5.01 Å². The summed E-state index contributed by atoms with van der Waals surface area (Å²) in [5.74, 6) is -0.968. The van der Waals surface area contributed by atoms with Crippen LogP contribution in [0.25, 0.3) is 0 Å². The summed E-state index contributed by atoms with van der Waals surface area (Å²) in [5, 5.41) is 2.40. The molecule has 0 fully saturated rings. The Hall–Kier alpha value is -1.03. The van der Waals surface area contributed by atoms with E-state index in [-0.39, 0.29) is 5.69 Å². The zero-order valence-corrected chi connectivity index (χ0v) is 7.07. The third-order valence-corrected chi connectivity index (χ3v) is 1.94. The van der Waals surface area contributed by atoms with Crippen LogP contribution in [0.3, 0.4) is 0 Å². The Morgan fingerprint density at radius 3 is 2.55 bits per heavy atom. The molecule has 3 nitrogen and oxygen atoms in total. The van der Waals surface area contributed by atoms with Crippen molar-refractivity contribution in [2.45, 2.75) is 13.8 Å². The van der Waals surface area contributed by atoms with E-state index in [1.165, 1.54) is 18.3 Å². The third-order valence-electron chi connectivity index (χ3n) is 1.17. The predicted octanol–water partition coefficient (Wildman–Crippen LogP) is 1.22.